The lowest BCUT2D eigenvalue weighted by Crippen LogP contribution is -1.96. The van der Waals surface area contributed by atoms with Gasteiger partial charge in [-0.05, 0) is 52.9 Å². The van der Waals surface area contributed by atoms with Crippen LogP contribution in [-0.2, 0) is 0 Å². The summed E-state index contributed by atoms with van der Waals surface area (Å²) in [7, 11) is 0. The van der Waals surface area contributed by atoms with Gasteiger partial charge in [-0.25, -0.2) is 4.98 Å². The number of rotatable bonds is 3. The summed E-state index contributed by atoms with van der Waals surface area (Å²) >= 11 is 3.35. The molecular weight excluding hydrogens is 304 g/mol. The van der Waals surface area contributed by atoms with Gasteiger partial charge in [0.2, 0.25) is 5.88 Å². The molecule has 100 valence electrons. The maximum atomic E-state index is 5.88. The van der Waals surface area contributed by atoms with Crippen molar-refractivity contribution in [2.24, 2.45) is 0 Å². The molecule has 2 aromatic rings. The van der Waals surface area contributed by atoms with Gasteiger partial charge in [-0.2, -0.15) is 4.98 Å². The van der Waals surface area contributed by atoms with Crippen molar-refractivity contribution in [1.29, 1.82) is 0 Å². The first kappa shape index (κ1) is 14.0. The second-order valence-electron chi connectivity index (χ2n) is 4.86. The molecule has 4 heteroatoms. The number of nitrogens with zero attached hydrogens (tertiary/aromatic N) is 2. The summed E-state index contributed by atoms with van der Waals surface area (Å²) in [5.74, 6) is 2.56. The Hall–Kier alpha value is -1.42. The predicted octanol–water partition coefficient (Wildman–Crippen LogP) is 4.77. The van der Waals surface area contributed by atoms with Crippen LogP contribution in [0.25, 0.3) is 0 Å². The average Bonchev–Trinajstić information content (AvgIpc) is 2.30. The van der Waals surface area contributed by atoms with E-state index in [9.17, 15) is 0 Å². The van der Waals surface area contributed by atoms with Gasteiger partial charge in [-0.3, -0.25) is 0 Å². The highest BCUT2D eigenvalue weighted by atomic mass is 79.9. The molecule has 1 aromatic carbocycles. The summed E-state index contributed by atoms with van der Waals surface area (Å²) in [6, 6.07) is 8.06. The molecule has 0 spiro atoms. The van der Waals surface area contributed by atoms with Gasteiger partial charge in [0, 0.05) is 6.07 Å². The van der Waals surface area contributed by atoms with Crippen molar-refractivity contribution >= 4 is 15.9 Å². The molecular formula is C15H17BrN2O. The van der Waals surface area contributed by atoms with E-state index in [0.29, 0.717) is 17.6 Å². The van der Waals surface area contributed by atoms with E-state index in [-0.39, 0.29) is 0 Å². The molecule has 0 N–H and O–H groups in total. The molecule has 2 rings (SSSR count). The van der Waals surface area contributed by atoms with Crippen LogP contribution in [0, 0.1) is 13.8 Å². The van der Waals surface area contributed by atoms with Gasteiger partial charge in [0.15, 0.2) is 0 Å². The van der Waals surface area contributed by atoms with E-state index in [0.717, 1.165) is 15.9 Å². The monoisotopic (exact) mass is 320 g/mol. The molecule has 0 aliphatic rings. The van der Waals surface area contributed by atoms with Crippen LogP contribution in [0.4, 0.5) is 0 Å². The zero-order chi connectivity index (χ0) is 14.0. The highest BCUT2D eigenvalue weighted by molar-refractivity contribution is 9.10. The lowest BCUT2D eigenvalue weighted by molar-refractivity contribution is 0.454. The number of benzene rings is 1. The molecule has 0 atom stereocenters. The molecule has 3 nitrogen and oxygen atoms in total. The van der Waals surface area contributed by atoms with Gasteiger partial charge in [0.05, 0.1) is 0 Å². The van der Waals surface area contributed by atoms with Gasteiger partial charge >= 0.3 is 0 Å². The van der Waals surface area contributed by atoms with Crippen molar-refractivity contribution in [1.82, 2.24) is 9.97 Å². The molecule has 1 aromatic heterocycles. The normalized spacial score (nSPS) is 10.8. The molecule has 0 bridgehead atoms. The Morgan fingerprint density at radius 2 is 1.84 bits per heavy atom. The van der Waals surface area contributed by atoms with E-state index in [1.54, 1.807) is 6.07 Å². The number of hydrogen-bond donors (Lipinski definition) is 0. The Balaban J connectivity index is 2.34. The Labute approximate surface area is 122 Å². The fourth-order valence-corrected chi connectivity index (χ4v) is 2.21. The summed E-state index contributed by atoms with van der Waals surface area (Å²) in [5, 5.41) is 0. The Morgan fingerprint density at radius 1 is 1.11 bits per heavy atom. The minimum Gasteiger partial charge on any atom is -0.439 e. The highest BCUT2D eigenvalue weighted by Gasteiger charge is 2.08. The molecule has 0 fully saturated rings. The third kappa shape index (κ3) is 3.53. The summed E-state index contributed by atoms with van der Waals surface area (Å²) in [6.07, 6.45) is 0. The van der Waals surface area contributed by atoms with Crippen molar-refractivity contribution < 1.29 is 4.74 Å². The van der Waals surface area contributed by atoms with Gasteiger partial charge in [-0.1, -0.05) is 26.0 Å². The summed E-state index contributed by atoms with van der Waals surface area (Å²) < 4.78 is 6.61. The first-order chi connectivity index (χ1) is 8.95. The summed E-state index contributed by atoms with van der Waals surface area (Å²) in [4.78, 5) is 8.45. The average molecular weight is 321 g/mol. The van der Waals surface area contributed by atoms with Crippen LogP contribution < -0.4 is 4.74 Å². The van der Waals surface area contributed by atoms with Crippen LogP contribution in [0.5, 0.6) is 11.6 Å². The highest BCUT2D eigenvalue weighted by Crippen LogP contribution is 2.28. The summed E-state index contributed by atoms with van der Waals surface area (Å²) in [5.41, 5.74) is 2.35. The third-order valence-corrected chi connectivity index (χ3v) is 3.28. The number of ether oxygens (including phenoxy) is 1. The van der Waals surface area contributed by atoms with E-state index in [2.05, 4.69) is 57.9 Å². The maximum Gasteiger partial charge on any atom is 0.223 e. The lowest BCUT2D eigenvalue weighted by Gasteiger charge is -2.12. The van der Waals surface area contributed by atoms with E-state index >= 15 is 0 Å². The van der Waals surface area contributed by atoms with Crippen LogP contribution in [0.3, 0.4) is 0 Å². The quantitative estimate of drug-likeness (QED) is 0.764. The fraction of sp³-hybridized carbons (Fsp3) is 0.333. The second-order valence-corrected chi connectivity index (χ2v) is 5.67. The van der Waals surface area contributed by atoms with Gasteiger partial charge < -0.3 is 4.74 Å². The number of aryl methyl sites for hydroxylation is 2. The van der Waals surface area contributed by atoms with Crippen molar-refractivity contribution in [3.05, 3.63) is 45.8 Å². The van der Waals surface area contributed by atoms with Crippen LogP contribution in [-0.4, -0.2) is 9.97 Å². The third-order valence-electron chi connectivity index (χ3n) is 2.88. The zero-order valence-electron chi connectivity index (χ0n) is 11.6. The standard InChI is InChI=1S/C15H17BrN2O/c1-9(2)12-6-5-10(3)13(7-12)19-15-8-14(16)17-11(4)18-15/h5-9H,1-4H3. The van der Waals surface area contributed by atoms with E-state index in [1.165, 1.54) is 5.56 Å². The topological polar surface area (TPSA) is 35.0 Å². The van der Waals surface area contributed by atoms with Gasteiger partial charge in [0.1, 0.15) is 16.2 Å². The van der Waals surface area contributed by atoms with Crippen molar-refractivity contribution in [2.75, 3.05) is 0 Å². The minimum atomic E-state index is 0.474. The molecule has 0 saturated heterocycles. The van der Waals surface area contributed by atoms with Crippen LogP contribution in [0.2, 0.25) is 0 Å². The van der Waals surface area contributed by atoms with Gasteiger partial charge in [-0.15, -0.1) is 0 Å². The molecule has 0 aliphatic carbocycles. The van der Waals surface area contributed by atoms with Crippen molar-refractivity contribution in [2.45, 2.75) is 33.6 Å². The van der Waals surface area contributed by atoms with Crippen molar-refractivity contribution in [3.8, 4) is 11.6 Å². The van der Waals surface area contributed by atoms with Gasteiger partial charge in [0.25, 0.3) is 0 Å². The largest absolute Gasteiger partial charge is 0.439 e. The maximum absolute atomic E-state index is 5.88. The second kappa shape index (κ2) is 5.70. The van der Waals surface area contributed by atoms with E-state index in [4.69, 9.17) is 4.74 Å². The van der Waals surface area contributed by atoms with E-state index in [1.807, 2.05) is 13.8 Å². The van der Waals surface area contributed by atoms with E-state index < -0.39 is 0 Å². The zero-order valence-corrected chi connectivity index (χ0v) is 13.2. The molecule has 0 radical (unpaired) electrons. The molecule has 0 aliphatic heterocycles. The number of halogens is 1. The lowest BCUT2D eigenvalue weighted by atomic mass is 10.0. The molecule has 0 saturated carbocycles. The minimum absolute atomic E-state index is 0.474. The Kier molecular flexibility index (Phi) is 4.20. The molecule has 1 heterocycles. The van der Waals surface area contributed by atoms with Crippen LogP contribution in [0.15, 0.2) is 28.9 Å². The fourth-order valence-electron chi connectivity index (χ4n) is 1.76. The smallest absolute Gasteiger partial charge is 0.223 e. The van der Waals surface area contributed by atoms with Crippen LogP contribution in [0.1, 0.15) is 36.7 Å². The Morgan fingerprint density at radius 3 is 2.47 bits per heavy atom. The first-order valence-corrected chi connectivity index (χ1v) is 7.04. The SMILES string of the molecule is Cc1nc(Br)cc(Oc2cc(C(C)C)ccc2C)n1. The molecule has 19 heavy (non-hydrogen) atoms. The molecule has 0 amide bonds. The first-order valence-electron chi connectivity index (χ1n) is 6.25. The number of aromatic nitrogens is 2. The van der Waals surface area contributed by atoms with Crippen molar-refractivity contribution in [3.63, 3.8) is 0 Å². The number of hydrogen-bond acceptors (Lipinski definition) is 3. The van der Waals surface area contributed by atoms with Crippen LogP contribution >= 0.6 is 15.9 Å². The predicted molar refractivity (Wildman–Crippen MR) is 79.8 cm³/mol. The molecule has 0 unspecified atom stereocenters. The Bertz CT molecular complexity index is 576. The summed E-state index contributed by atoms with van der Waals surface area (Å²) in [6.45, 7) is 8.21.